The van der Waals surface area contributed by atoms with Crippen molar-refractivity contribution in [3.05, 3.63) is 210 Å². The van der Waals surface area contributed by atoms with Crippen LogP contribution in [-0.4, -0.2) is 0 Å². The Labute approximate surface area is 316 Å². The molecule has 2 aliphatic rings. The minimum absolute atomic E-state index is 0.537. The summed E-state index contributed by atoms with van der Waals surface area (Å²) >= 11 is 1.88. The molecule has 54 heavy (non-hydrogen) atoms. The van der Waals surface area contributed by atoms with Gasteiger partial charge in [0.2, 0.25) is 0 Å². The fourth-order valence-electron chi connectivity index (χ4n) is 9.50. The summed E-state index contributed by atoms with van der Waals surface area (Å²) in [5.74, 6) is 0. The van der Waals surface area contributed by atoms with Crippen molar-refractivity contribution in [2.45, 2.75) is 15.2 Å². The molecule has 1 aliphatic heterocycles. The summed E-state index contributed by atoms with van der Waals surface area (Å²) in [6.45, 7) is 0. The Morgan fingerprint density at radius 2 is 1.04 bits per heavy atom. The van der Waals surface area contributed by atoms with Crippen molar-refractivity contribution in [2.75, 3.05) is 4.90 Å². The van der Waals surface area contributed by atoms with E-state index in [0.29, 0.717) is 0 Å². The molecule has 0 N–H and O–H groups in total. The molecule has 10 aromatic rings. The smallest absolute Gasteiger partial charge is 0.137 e. The van der Waals surface area contributed by atoms with E-state index in [1.165, 1.54) is 64.7 Å². The van der Waals surface area contributed by atoms with Gasteiger partial charge in [-0.25, -0.2) is 0 Å². The maximum Gasteiger partial charge on any atom is 0.137 e. The summed E-state index contributed by atoms with van der Waals surface area (Å²) in [6, 6.07) is 69.2. The van der Waals surface area contributed by atoms with Crippen LogP contribution in [0.25, 0.3) is 54.6 Å². The Hall–Kier alpha value is -6.55. The van der Waals surface area contributed by atoms with Crippen LogP contribution < -0.4 is 4.90 Å². The van der Waals surface area contributed by atoms with Gasteiger partial charge in [-0.1, -0.05) is 145 Å². The number of furan rings is 1. The van der Waals surface area contributed by atoms with Crippen molar-refractivity contribution in [1.29, 1.82) is 0 Å². The molecule has 0 fully saturated rings. The van der Waals surface area contributed by atoms with Crippen LogP contribution in [0.1, 0.15) is 22.3 Å². The predicted molar refractivity (Wildman–Crippen MR) is 225 cm³/mol. The van der Waals surface area contributed by atoms with Crippen molar-refractivity contribution in [2.24, 2.45) is 0 Å². The van der Waals surface area contributed by atoms with E-state index in [0.717, 1.165) is 39.0 Å². The number of hydrogen-bond donors (Lipinski definition) is 0. The van der Waals surface area contributed by atoms with Crippen LogP contribution in [0.15, 0.2) is 202 Å². The molecule has 1 unspecified atom stereocenters. The second kappa shape index (κ2) is 11.2. The molecule has 0 bridgehead atoms. The van der Waals surface area contributed by atoms with Crippen LogP contribution in [0.5, 0.6) is 0 Å². The van der Waals surface area contributed by atoms with Gasteiger partial charge in [-0.3, -0.25) is 0 Å². The van der Waals surface area contributed by atoms with Crippen LogP contribution in [0.2, 0.25) is 0 Å². The van der Waals surface area contributed by atoms with Gasteiger partial charge in [0.05, 0.1) is 11.1 Å². The highest BCUT2D eigenvalue weighted by Crippen LogP contribution is 2.62. The molecule has 0 radical (unpaired) electrons. The van der Waals surface area contributed by atoms with E-state index in [9.17, 15) is 0 Å². The Balaban J connectivity index is 1.19. The molecule has 1 aromatic heterocycles. The van der Waals surface area contributed by atoms with Crippen LogP contribution >= 0.6 is 11.8 Å². The number of hydrogen-bond acceptors (Lipinski definition) is 3. The summed E-state index contributed by atoms with van der Waals surface area (Å²) in [4.78, 5) is 5.00. The van der Waals surface area contributed by atoms with Gasteiger partial charge in [-0.05, 0) is 98.1 Å². The first-order valence-electron chi connectivity index (χ1n) is 18.5. The van der Waals surface area contributed by atoms with Gasteiger partial charge in [-0.15, -0.1) is 0 Å². The lowest BCUT2D eigenvalue weighted by Crippen LogP contribution is -2.36. The number of rotatable bonds is 3. The third-order valence-electron chi connectivity index (χ3n) is 11.7. The lowest BCUT2D eigenvalue weighted by atomic mass is 9.59. The molecule has 252 valence electrons. The quantitative estimate of drug-likeness (QED) is 0.182. The summed E-state index contributed by atoms with van der Waals surface area (Å²) in [6.07, 6.45) is 0. The van der Waals surface area contributed by atoms with Crippen molar-refractivity contribution < 1.29 is 4.42 Å². The minimum atomic E-state index is -0.537. The van der Waals surface area contributed by atoms with Gasteiger partial charge in [-0.2, -0.15) is 0 Å². The zero-order chi connectivity index (χ0) is 35.4. The maximum atomic E-state index is 6.50. The SMILES string of the molecule is c1ccc2c(c1)Sc1ccc(N(c3ccc4c(c3)oc3ccccc34)c3cccc4ccccc34)cc1C21c2ccccc2-c2cccc3cccc1c23. The molecular weight excluding hydrogens is 675 g/mol. The molecule has 1 atom stereocenters. The maximum absolute atomic E-state index is 6.50. The average Bonchev–Trinajstić information content (AvgIpc) is 3.61. The first-order valence-corrected chi connectivity index (χ1v) is 19.3. The Morgan fingerprint density at radius 1 is 0.407 bits per heavy atom. The van der Waals surface area contributed by atoms with Gasteiger partial charge >= 0.3 is 0 Å². The first-order chi connectivity index (χ1) is 26.8. The summed E-state index contributed by atoms with van der Waals surface area (Å²) < 4.78 is 6.50. The van der Waals surface area contributed by atoms with Crippen molar-refractivity contribution >= 4 is 72.3 Å². The van der Waals surface area contributed by atoms with Crippen molar-refractivity contribution in [1.82, 2.24) is 0 Å². The molecule has 0 amide bonds. The van der Waals surface area contributed by atoms with E-state index in [-0.39, 0.29) is 0 Å². The molecular formula is C51H31NOS. The lowest BCUT2D eigenvalue weighted by Gasteiger charge is -2.46. The summed E-state index contributed by atoms with van der Waals surface area (Å²) in [7, 11) is 0. The summed E-state index contributed by atoms with van der Waals surface area (Å²) in [5, 5.41) is 7.25. The van der Waals surface area contributed by atoms with E-state index in [2.05, 4.69) is 187 Å². The monoisotopic (exact) mass is 705 g/mol. The minimum Gasteiger partial charge on any atom is -0.456 e. The highest BCUT2D eigenvalue weighted by molar-refractivity contribution is 7.99. The third kappa shape index (κ3) is 4.02. The normalized spacial score (nSPS) is 15.4. The number of para-hydroxylation sites is 1. The molecule has 0 saturated carbocycles. The topological polar surface area (TPSA) is 16.4 Å². The standard InChI is InChI=1S/C51H31NOS/c1-2-16-36-32(12-1)13-11-23-45(36)52(35-26-28-39-38-18-4-7-24-46(38)53-47(39)31-35)34-27-29-49-44(30-34)51(42-21-6-8-25-48(42)54-49)41-20-5-3-17-37(41)40-19-9-14-33-15-10-22-43(51)50(33)40/h1-31H. The molecule has 3 heteroatoms. The Morgan fingerprint density at radius 3 is 1.98 bits per heavy atom. The number of anilines is 3. The molecule has 9 aromatic carbocycles. The molecule has 2 heterocycles. The van der Waals surface area contributed by atoms with Crippen LogP contribution in [-0.2, 0) is 5.41 Å². The Kier molecular flexibility index (Phi) is 6.23. The van der Waals surface area contributed by atoms with Crippen molar-refractivity contribution in [3.63, 3.8) is 0 Å². The van der Waals surface area contributed by atoms with E-state index in [4.69, 9.17) is 4.42 Å². The fraction of sp³-hybridized carbons (Fsp3) is 0.0196. The second-order valence-corrected chi connectivity index (χ2v) is 15.5. The van der Waals surface area contributed by atoms with Crippen molar-refractivity contribution in [3.8, 4) is 11.1 Å². The highest BCUT2D eigenvalue weighted by Gasteiger charge is 2.48. The number of fused-ring (bicyclic) bond motifs is 12. The van der Waals surface area contributed by atoms with E-state index in [1.54, 1.807) is 0 Å². The average molecular weight is 706 g/mol. The highest BCUT2D eigenvalue weighted by atomic mass is 32.2. The third-order valence-corrected chi connectivity index (χ3v) is 12.8. The van der Waals surface area contributed by atoms with E-state index >= 15 is 0 Å². The largest absolute Gasteiger partial charge is 0.456 e. The van der Waals surface area contributed by atoms with Crippen LogP contribution in [0, 0.1) is 0 Å². The van der Waals surface area contributed by atoms with Gasteiger partial charge < -0.3 is 9.32 Å². The Bertz CT molecular complexity index is 3160. The second-order valence-electron chi connectivity index (χ2n) is 14.4. The molecule has 12 rings (SSSR count). The molecule has 0 saturated heterocycles. The fourth-order valence-corrected chi connectivity index (χ4v) is 10.7. The predicted octanol–water partition coefficient (Wildman–Crippen LogP) is 14.2. The zero-order valence-electron chi connectivity index (χ0n) is 29.2. The summed E-state index contributed by atoms with van der Waals surface area (Å²) in [5.41, 5.74) is 12.4. The van der Waals surface area contributed by atoms with E-state index in [1.807, 2.05) is 17.8 Å². The number of nitrogens with zero attached hydrogens (tertiary/aromatic N) is 1. The molecule has 1 aliphatic carbocycles. The van der Waals surface area contributed by atoms with Crippen LogP contribution in [0.3, 0.4) is 0 Å². The van der Waals surface area contributed by atoms with Gasteiger partial charge in [0.1, 0.15) is 11.2 Å². The van der Waals surface area contributed by atoms with E-state index < -0.39 is 5.41 Å². The lowest BCUT2D eigenvalue weighted by molar-refractivity contribution is 0.669. The number of benzene rings is 9. The first kappa shape index (κ1) is 30.0. The van der Waals surface area contributed by atoms with Gasteiger partial charge in [0.15, 0.2) is 0 Å². The molecule has 2 nitrogen and oxygen atoms in total. The zero-order valence-corrected chi connectivity index (χ0v) is 30.0. The molecule has 1 spiro atoms. The van der Waals surface area contributed by atoms with Gasteiger partial charge in [0.25, 0.3) is 0 Å². The van der Waals surface area contributed by atoms with Gasteiger partial charge in [0, 0.05) is 43.4 Å². The van der Waals surface area contributed by atoms with Crippen LogP contribution in [0.4, 0.5) is 17.1 Å².